The Morgan fingerprint density at radius 3 is 2.30 bits per heavy atom. The molecule has 2 rings (SSSR count). The summed E-state index contributed by atoms with van der Waals surface area (Å²) in [6.07, 6.45) is 0. The van der Waals surface area contributed by atoms with Crippen LogP contribution in [0.4, 0.5) is 0 Å². The molecule has 4 nitrogen and oxygen atoms in total. The van der Waals surface area contributed by atoms with Gasteiger partial charge in [-0.2, -0.15) is 0 Å². The average molecular weight is 296 g/mol. The molecule has 0 radical (unpaired) electrons. The molecule has 0 bridgehead atoms. The molecule has 0 aromatic heterocycles. The molecule has 5 heteroatoms. The largest absolute Gasteiger partial charge is 0.313 e. The molecule has 1 aliphatic heterocycles. The number of sulfone groups is 1. The second-order valence-corrected chi connectivity index (χ2v) is 8.56. The zero-order valence-corrected chi connectivity index (χ0v) is 13.5. The number of likely N-dealkylation sites (N-methyl/N-ethyl adjacent to an activating group) is 1. The van der Waals surface area contributed by atoms with Gasteiger partial charge in [-0.1, -0.05) is 32.9 Å². The van der Waals surface area contributed by atoms with E-state index in [1.165, 1.54) is 0 Å². The molecule has 112 valence electrons. The molecule has 1 unspecified atom stereocenters. The molecule has 1 saturated heterocycles. The van der Waals surface area contributed by atoms with Gasteiger partial charge in [0.2, 0.25) is 0 Å². The van der Waals surface area contributed by atoms with E-state index in [9.17, 15) is 8.42 Å². The van der Waals surface area contributed by atoms with Crippen molar-refractivity contribution in [1.29, 1.82) is 0 Å². The number of nitrogens with zero attached hydrogens (tertiary/aromatic N) is 1. The fourth-order valence-electron chi connectivity index (χ4n) is 2.43. The van der Waals surface area contributed by atoms with Gasteiger partial charge in [0.15, 0.2) is 9.84 Å². The first-order valence-electron chi connectivity index (χ1n) is 6.98. The van der Waals surface area contributed by atoms with Gasteiger partial charge in [-0.3, -0.25) is 4.90 Å². The normalized spacial score (nSPS) is 21.9. The monoisotopic (exact) mass is 296 g/mol. The molecule has 1 aliphatic rings. The van der Waals surface area contributed by atoms with E-state index in [0.29, 0.717) is 11.4 Å². The molecule has 1 aromatic rings. The van der Waals surface area contributed by atoms with Crippen molar-refractivity contribution in [3.63, 3.8) is 0 Å². The van der Waals surface area contributed by atoms with Gasteiger partial charge in [-0.15, -0.1) is 0 Å². The standard InChI is InChI=1S/C15H24N2O2S/c1-15(2,3)12-5-7-13(8-6-12)20(18,19)14-11-16-9-10-17(14)4/h5-8,14,16H,9-11H2,1-4H3. The van der Waals surface area contributed by atoms with Crippen LogP contribution in [-0.2, 0) is 15.3 Å². The highest BCUT2D eigenvalue weighted by Gasteiger charge is 2.32. The van der Waals surface area contributed by atoms with E-state index >= 15 is 0 Å². The van der Waals surface area contributed by atoms with Gasteiger partial charge >= 0.3 is 0 Å². The molecule has 20 heavy (non-hydrogen) atoms. The number of piperazine rings is 1. The predicted molar refractivity (Wildman–Crippen MR) is 81.6 cm³/mol. The van der Waals surface area contributed by atoms with E-state index in [2.05, 4.69) is 26.1 Å². The predicted octanol–water partition coefficient (Wildman–Crippen LogP) is 1.62. The van der Waals surface area contributed by atoms with Crippen molar-refractivity contribution in [2.24, 2.45) is 0 Å². The van der Waals surface area contributed by atoms with E-state index in [1.807, 2.05) is 24.1 Å². The van der Waals surface area contributed by atoms with Gasteiger partial charge < -0.3 is 5.32 Å². The fourth-order valence-corrected chi connectivity index (χ4v) is 4.18. The Morgan fingerprint density at radius 2 is 1.80 bits per heavy atom. The summed E-state index contributed by atoms with van der Waals surface area (Å²) in [4.78, 5) is 2.31. The maximum absolute atomic E-state index is 12.7. The minimum Gasteiger partial charge on any atom is -0.313 e. The van der Waals surface area contributed by atoms with Gasteiger partial charge in [0.25, 0.3) is 0 Å². The van der Waals surface area contributed by atoms with Crippen molar-refractivity contribution < 1.29 is 8.42 Å². The third kappa shape index (κ3) is 3.05. The Kier molecular flexibility index (Phi) is 4.23. The average Bonchev–Trinajstić information content (AvgIpc) is 2.38. The van der Waals surface area contributed by atoms with Crippen molar-refractivity contribution in [3.05, 3.63) is 29.8 Å². The van der Waals surface area contributed by atoms with Crippen LogP contribution in [0.25, 0.3) is 0 Å². The van der Waals surface area contributed by atoms with Gasteiger partial charge in [0.05, 0.1) is 4.90 Å². The third-order valence-electron chi connectivity index (χ3n) is 3.86. The summed E-state index contributed by atoms with van der Waals surface area (Å²) < 4.78 is 25.4. The fraction of sp³-hybridized carbons (Fsp3) is 0.600. The lowest BCUT2D eigenvalue weighted by molar-refractivity contribution is 0.255. The molecule has 1 atom stereocenters. The summed E-state index contributed by atoms with van der Waals surface area (Å²) in [6, 6.07) is 7.31. The minimum absolute atomic E-state index is 0.0332. The topological polar surface area (TPSA) is 49.4 Å². The van der Waals surface area contributed by atoms with Crippen molar-refractivity contribution in [1.82, 2.24) is 10.2 Å². The van der Waals surface area contributed by atoms with Gasteiger partial charge in [-0.05, 0) is 30.2 Å². The maximum Gasteiger partial charge on any atom is 0.195 e. The lowest BCUT2D eigenvalue weighted by atomic mass is 9.87. The van der Waals surface area contributed by atoms with Crippen LogP contribution in [0.15, 0.2) is 29.2 Å². The molecule has 0 amide bonds. The van der Waals surface area contributed by atoms with E-state index in [1.54, 1.807) is 12.1 Å². The zero-order valence-electron chi connectivity index (χ0n) is 12.7. The van der Waals surface area contributed by atoms with Crippen molar-refractivity contribution >= 4 is 9.84 Å². The highest BCUT2D eigenvalue weighted by molar-refractivity contribution is 7.92. The molecule has 0 spiro atoms. The quantitative estimate of drug-likeness (QED) is 0.901. The summed E-state index contributed by atoms with van der Waals surface area (Å²) in [6.45, 7) is 8.44. The summed E-state index contributed by atoms with van der Waals surface area (Å²) in [5, 5.41) is 2.68. The van der Waals surface area contributed by atoms with Crippen LogP contribution in [-0.4, -0.2) is 45.4 Å². The Labute approximate surface area is 122 Å². The Morgan fingerprint density at radius 1 is 1.20 bits per heavy atom. The second-order valence-electron chi connectivity index (χ2n) is 6.46. The third-order valence-corrected chi connectivity index (χ3v) is 6.03. The number of rotatable bonds is 2. The second kappa shape index (κ2) is 5.47. The molecule has 1 heterocycles. The highest BCUT2D eigenvalue weighted by Crippen LogP contribution is 2.25. The number of hydrogen-bond donors (Lipinski definition) is 1. The zero-order chi connectivity index (χ0) is 15.0. The Balaban J connectivity index is 2.30. The molecule has 1 fully saturated rings. The number of nitrogens with one attached hydrogen (secondary N) is 1. The first kappa shape index (κ1) is 15.5. The van der Waals surface area contributed by atoms with Crippen molar-refractivity contribution in [2.45, 2.75) is 36.5 Å². The molecule has 1 aromatic carbocycles. The van der Waals surface area contributed by atoms with Gasteiger partial charge in [0, 0.05) is 19.6 Å². The summed E-state index contributed by atoms with van der Waals surface area (Å²) >= 11 is 0. The molecular formula is C15H24N2O2S. The van der Waals surface area contributed by atoms with E-state index in [4.69, 9.17) is 0 Å². The number of hydrogen-bond acceptors (Lipinski definition) is 4. The summed E-state index contributed by atoms with van der Waals surface area (Å²) in [7, 11) is -1.44. The lowest BCUT2D eigenvalue weighted by Gasteiger charge is -2.32. The summed E-state index contributed by atoms with van der Waals surface area (Å²) in [5.41, 5.74) is 1.18. The van der Waals surface area contributed by atoms with E-state index in [-0.39, 0.29) is 5.41 Å². The van der Waals surface area contributed by atoms with E-state index < -0.39 is 15.2 Å². The first-order chi connectivity index (χ1) is 9.23. The smallest absolute Gasteiger partial charge is 0.195 e. The molecule has 1 N–H and O–H groups in total. The van der Waals surface area contributed by atoms with Crippen molar-refractivity contribution in [3.8, 4) is 0 Å². The Bertz CT molecular complexity index is 559. The number of benzene rings is 1. The van der Waals surface area contributed by atoms with Gasteiger partial charge in [0.1, 0.15) is 5.37 Å². The Hall–Kier alpha value is -0.910. The van der Waals surface area contributed by atoms with Crippen LogP contribution in [0.2, 0.25) is 0 Å². The van der Waals surface area contributed by atoms with E-state index in [0.717, 1.165) is 18.7 Å². The van der Waals surface area contributed by atoms with Gasteiger partial charge in [-0.25, -0.2) is 8.42 Å². The van der Waals surface area contributed by atoms with Crippen LogP contribution in [0.5, 0.6) is 0 Å². The van der Waals surface area contributed by atoms with Crippen LogP contribution < -0.4 is 5.32 Å². The molecule has 0 saturated carbocycles. The SMILES string of the molecule is CN1CCNCC1S(=O)(=O)c1ccc(C(C)(C)C)cc1. The minimum atomic E-state index is -3.31. The van der Waals surface area contributed by atoms with Crippen LogP contribution in [0, 0.1) is 0 Å². The van der Waals surface area contributed by atoms with Crippen LogP contribution >= 0.6 is 0 Å². The maximum atomic E-state index is 12.7. The lowest BCUT2D eigenvalue weighted by Crippen LogP contribution is -2.52. The molecular weight excluding hydrogens is 272 g/mol. The first-order valence-corrected chi connectivity index (χ1v) is 8.53. The van der Waals surface area contributed by atoms with Crippen LogP contribution in [0.3, 0.4) is 0 Å². The summed E-state index contributed by atoms with van der Waals surface area (Å²) in [5.74, 6) is 0. The van der Waals surface area contributed by atoms with Crippen LogP contribution in [0.1, 0.15) is 26.3 Å². The molecule has 0 aliphatic carbocycles. The van der Waals surface area contributed by atoms with Crippen molar-refractivity contribution in [2.75, 3.05) is 26.7 Å². The highest BCUT2D eigenvalue weighted by atomic mass is 32.2.